The van der Waals surface area contributed by atoms with Crippen molar-refractivity contribution in [2.75, 3.05) is 26.6 Å². The lowest BCUT2D eigenvalue weighted by Crippen LogP contribution is -2.01. The van der Waals surface area contributed by atoms with Crippen LogP contribution >= 0.6 is 11.3 Å². The van der Waals surface area contributed by atoms with E-state index in [0.29, 0.717) is 6.54 Å². The average Bonchev–Trinajstić information content (AvgIpc) is 3.06. The number of anilines is 1. The highest BCUT2D eigenvalue weighted by molar-refractivity contribution is 7.16. The quantitative estimate of drug-likeness (QED) is 0.650. The third-order valence-corrected chi connectivity index (χ3v) is 5.01. The van der Waals surface area contributed by atoms with E-state index in [1.165, 1.54) is 0 Å². The third-order valence-electron chi connectivity index (χ3n) is 4.08. The number of aromatic nitrogens is 1. The zero-order chi connectivity index (χ0) is 18.5. The summed E-state index contributed by atoms with van der Waals surface area (Å²) in [5.74, 6) is 2.37. The van der Waals surface area contributed by atoms with Crippen LogP contribution in [-0.2, 0) is 6.54 Å². The summed E-state index contributed by atoms with van der Waals surface area (Å²) in [6.07, 6.45) is 0. The van der Waals surface area contributed by atoms with Crippen molar-refractivity contribution in [3.05, 3.63) is 52.9 Å². The van der Waals surface area contributed by atoms with Gasteiger partial charge in [-0.05, 0) is 25.1 Å². The van der Waals surface area contributed by atoms with E-state index in [1.807, 2.05) is 42.5 Å². The predicted octanol–water partition coefficient (Wildman–Crippen LogP) is 4.76. The second-order valence-corrected chi connectivity index (χ2v) is 6.86. The van der Waals surface area contributed by atoms with E-state index in [9.17, 15) is 0 Å². The number of thiazole rings is 1. The van der Waals surface area contributed by atoms with Crippen molar-refractivity contribution in [2.24, 2.45) is 0 Å². The molecular formula is C20H22N2O3S. The minimum absolute atomic E-state index is 0.649. The molecule has 0 amide bonds. The average molecular weight is 370 g/mol. The molecule has 0 unspecified atom stereocenters. The van der Waals surface area contributed by atoms with Gasteiger partial charge in [-0.25, -0.2) is 4.98 Å². The van der Waals surface area contributed by atoms with E-state index in [1.54, 1.807) is 32.7 Å². The highest BCUT2D eigenvalue weighted by Gasteiger charge is 2.15. The molecule has 0 saturated heterocycles. The zero-order valence-corrected chi connectivity index (χ0v) is 16.1. The van der Waals surface area contributed by atoms with Gasteiger partial charge in [-0.2, -0.15) is 0 Å². The number of nitrogens with one attached hydrogen (secondary N) is 1. The molecule has 3 rings (SSSR count). The van der Waals surface area contributed by atoms with E-state index >= 15 is 0 Å². The summed E-state index contributed by atoms with van der Waals surface area (Å²) < 4.78 is 16.2. The van der Waals surface area contributed by atoms with E-state index < -0.39 is 0 Å². The van der Waals surface area contributed by atoms with Crippen LogP contribution in [0, 0.1) is 6.92 Å². The van der Waals surface area contributed by atoms with Crippen LogP contribution in [0.4, 0.5) is 5.13 Å². The Morgan fingerprint density at radius 3 is 2.46 bits per heavy atom. The zero-order valence-electron chi connectivity index (χ0n) is 15.3. The molecule has 3 aromatic rings. The summed E-state index contributed by atoms with van der Waals surface area (Å²) in [6, 6.07) is 13.7. The number of methoxy groups -OCH3 is 3. The fourth-order valence-electron chi connectivity index (χ4n) is 2.74. The normalized spacial score (nSPS) is 10.5. The van der Waals surface area contributed by atoms with Crippen molar-refractivity contribution < 1.29 is 14.2 Å². The van der Waals surface area contributed by atoms with Gasteiger partial charge in [0.2, 0.25) is 0 Å². The Morgan fingerprint density at radius 2 is 1.73 bits per heavy atom. The maximum Gasteiger partial charge on any atom is 0.183 e. The molecule has 1 N–H and O–H groups in total. The van der Waals surface area contributed by atoms with Crippen molar-refractivity contribution in [2.45, 2.75) is 13.5 Å². The van der Waals surface area contributed by atoms with Crippen LogP contribution in [0.1, 0.15) is 10.4 Å². The van der Waals surface area contributed by atoms with Gasteiger partial charge in [0.25, 0.3) is 0 Å². The maximum atomic E-state index is 5.51. The largest absolute Gasteiger partial charge is 0.497 e. The van der Waals surface area contributed by atoms with E-state index in [-0.39, 0.29) is 0 Å². The van der Waals surface area contributed by atoms with Gasteiger partial charge in [-0.15, -0.1) is 11.3 Å². The lowest BCUT2D eigenvalue weighted by atomic mass is 10.1. The van der Waals surface area contributed by atoms with Gasteiger partial charge in [0.1, 0.15) is 17.2 Å². The Labute approximate surface area is 157 Å². The van der Waals surface area contributed by atoms with Crippen LogP contribution in [0.3, 0.4) is 0 Å². The summed E-state index contributed by atoms with van der Waals surface area (Å²) in [6.45, 7) is 2.71. The molecule has 26 heavy (non-hydrogen) atoms. The summed E-state index contributed by atoms with van der Waals surface area (Å²) in [4.78, 5) is 5.88. The first-order valence-corrected chi connectivity index (χ1v) is 9.03. The fourth-order valence-corrected chi connectivity index (χ4v) is 3.56. The molecule has 0 aliphatic heterocycles. The smallest absolute Gasteiger partial charge is 0.183 e. The topological polar surface area (TPSA) is 52.6 Å². The Bertz CT molecular complexity index is 893. The van der Waals surface area contributed by atoms with Crippen LogP contribution in [0.15, 0.2) is 42.5 Å². The minimum atomic E-state index is 0.649. The number of ether oxygens (including phenoxy) is 3. The first kappa shape index (κ1) is 18.1. The number of aryl methyl sites for hydroxylation is 1. The summed E-state index contributed by atoms with van der Waals surface area (Å²) in [5, 5.41) is 4.25. The van der Waals surface area contributed by atoms with Gasteiger partial charge in [-0.1, -0.05) is 18.2 Å². The highest BCUT2D eigenvalue weighted by Crippen LogP contribution is 2.37. The van der Waals surface area contributed by atoms with Crippen molar-refractivity contribution in [1.82, 2.24) is 4.98 Å². The molecule has 0 aliphatic carbocycles. The molecule has 0 radical (unpaired) electrons. The second-order valence-electron chi connectivity index (χ2n) is 5.66. The number of hydrogen-bond acceptors (Lipinski definition) is 6. The monoisotopic (exact) mass is 370 g/mol. The highest BCUT2D eigenvalue weighted by atomic mass is 32.1. The SMILES string of the molecule is COc1ccc(-c2nc(NCc3ccccc3OC)sc2C)c(OC)c1. The first-order valence-electron chi connectivity index (χ1n) is 8.22. The molecule has 0 bridgehead atoms. The molecule has 0 fully saturated rings. The van der Waals surface area contributed by atoms with E-state index in [2.05, 4.69) is 12.2 Å². The molecule has 1 aromatic heterocycles. The van der Waals surface area contributed by atoms with E-state index in [0.717, 1.165) is 44.1 Å². The summed E-state index contributed by atoms with van der Waals surface area (Å²) in [7, 11) is 4.98. The number of para-hydroxylation sites is 1. The van der Waals surface area contributed by atoms with Gasteiger partial charge >= 0.3 is 0 Å². The van der Waals surface area contributed by atoms with Crippen LogP contribution in [0.5, 0.6) is 17.2 Å². The fraction of sp³-hybridized carbons (Fsp3) is 0.250. The molecule has 136 valence electrons. The first-order chi connectivity index (χ1) is 12.7. The third kappa shape index (κ3) is 3.75. The lowest BCUT2D eigenvalue weighted by Gasteiger charge is -2.09. The molecular weight excluding hydrogens is 348 g/mol. The number of nitrogens with zero attached hydrogens (tertiary/aromatic N) is 1. The van der Waals surface area contributed by atoms with Gasteiger partial charge in [0.15, 0.2) is 5.13 Å². The van der Waals surface area contributed by atoms with Crippen molar-refractivity contribution in [3.8, 4) is 28.5 Å². The van der Waals surface area contributed by atoms with Crippen molar-refractivity contribution >= 4 is 16.5 Å². The lowest BCUT2D eigenvalue weighted by molar-refractivity contribution is 0.395. The van der Waals surface area contributed by atoms with E-state index in [4.69, 9.17) is 19.2 Å². The predicted molar refractivity (Wildman–Crippen MR) is 106 cm³/mol. The summed E-state index contributed by atoms with van der Waals surface area (Å²) in [5.41, 5.74) is 2.95. The molecule has 0 saturated carbocycles. The van der Waals surface area contributed by atoms with Crippen LogP contribution in [0.2, 0.25) is 0 Å². The Hall–Kier alpha value is -2.73. The Balaban J connectivity index is 1.83. The van der Waals surface area contributed by atoms with Gasteiger partial charge in [-0.3, -0.25) is 0 Å². The molecule has 0 aliphatic rings. The van der Waals surface area contributed by atoms with Crippen LogP contribution < -0.4 is 19.5 Å². The van der Waals surface area contributed by atoms with Gasteiger partial charge in [0, 0.05) is 28.6 Å². The van der Waals surface area contributed by atoms with Gasteiger partial charge in [0.05, 0.1) is 27.0 Å². The molecule has 2 aromatic carbocycles. The molecule has 0 spiro atoms. The Kier molecular flexibility index (Phi) is 5.63. The maximum absolute atomic E-state index is 5.51. The Morgan fingerprint density at radius 1 is 0.962 bits per heavy atom. The number of hydrogen-bond donors (Lipinski definition) is 1. The minimum Gasteiger partial charge on any atom is -0.497 e. The molecule has 5 nitrogen and oxygen atoms in total. The second kappa shape index (κ2) is 8.10. The standard InChI is InChI=1S/C20H22N2O3S/c1-13-19(16-10-9-15(23-2)11-18(16)25-4)22-20(26-13)21-12-14-7-5-6-8-17(14)24-3/h5-11H,12H2,1-4H3,(H,21,22). The number of benzene rings is 2. The van der Waals surface area contributed by atoms with Crippen LogP contribution in [0.25, 0.3) is 11.3 Å². The molecule has 1 heterocycles. The number of rotatable bonds is 7. The summed E-state index contributed by atoms with van der Waals surface area (Å²) >= 11 is 1.62. The van der Waals surface area contributed by atoms with Crippen LogP contribution in [-0.4, -0.2) is 26.3 Å². The van der Waals surface area contributed by atoms with Crippen molar-refractivity contribution in [3.63, 3.8) is 0 Å². The van der Waals surface area contributed by atoms with Crippen molar-refractivity contribution in [1.29, 1.82) is 0 Å². The molecule has 6 heteroatoms. The van der Waals surface area contributed by atoms with Gasteiger partial charge < -0.3 is 19.5 Å². The molecule has 0 atom stereocenters.